The van der Waals surface area contributed by atoms with E-state index >= 15 is 0 Å². The Morgan fingerprint density at radius 1 is 1.25 bits per heavy atom. The summed E-state index contributed by atoms with van der Waals surface area (Å²) >= 11 is 0. The molecule has 0 bridgehead atoms. The maximum Gasteiger partial charge on any atom is 0.122 e. The van der Waals surface area contributed by atoms with Crippen LogP contribution in [0.4, 0.5) is 0 Å². The number of hydrogen-bond donors (Lipinski definition) is 1. The number of nitrogens with two attached hydrogens (primary N) is 1. The fourth-order valence-corrected chi connectivity index (χ4v) is 1.69. The van der Waals surface area contributed by atoms with E-state index in [1.54, 1.807) is 7.11 Å². The summed E-state index contributed by atoms with van der Waals surface area (Å²) in [5.41, 5.74) is 8.41. The first-order chi connectivity index (χ1) is 7.47. The second-order valence-electron chi connectivity index (χ2n) is 4.56. The van der Waals surface area contributed by atoms with Gasteiger partial charge in [-0.2, -0.15) is 0 Å². The minimum absolute atomic E-state index is 0.0663. The third kappa shape index (κ3) is 2.74. The topological polar surface area (TPSA) is 38.5 Å². The fourth-order valence-electron chi connectivity index (χ4n) is 1.69. The van der Waals surface area contributed by atoms with Crippen molar-refractivity contribution in [2.45, 2.75) is 25.9 Å². The highest BCUT2D eigenvalue weighted by atomic mass is 16.5. The molecule has 0 aromatic heterocycles. The Morgan fingerprint density at radius 2 is 1.88 bits per heavy atom. The molecule has 3 heteroatoms. The largest absolute Gasteiger partial charge is 0.496 e. The van der Waals surface area contributed by atoms with E-state index in [9.17, 15) is 0 Å². The normalized spacial score (nSPS) is 13.2. The Balaban J connectivity index is 3.11. The second-order valence-corrected chi connectivity index (χ2v) is 4.56. The molecule has 0 amide bonds. The number of hydrogen-bond acceptors (Lipinski definition) is 3. The summed E-state index contributed by atoms with van der Waals surface area (Å²) in [6.07, 6.45) is -0.0663. The lowest BCUT2D eigenvalue weighted by Crippen LogP contribution is -2.27. The molecule has 0 aliphatic heterocycles. The Labute approximate surface area is 98.2 Å². The van der Waals surface area contributed by atoms with Crippen molar-refractivity contribution in [2.75, 3.05) is 21.2 Å². The van der Waals surface area contributed by atoms with Gasteiger partial charge < -0.3 is 10.5 Å². The summed E-state index contributed by atoms with van der Waals surface area (Å²) in [5, 5.41) is 0. The maximum atomic E-state index is 6.08. The lowest BCUT2D eigenvalue weighted by Gasteiger charge is -2.22. The van der Waals surface area contributed by atoms with Crippen LogP contribution in [0.2, 0.25) is 0 Å². The van der Waals surface area contributed by atoms with Gasteiger partial charge in [0.1, 0.15) is 5.75 Å². The van der Waals surface area contributed by atoms with Gasteiger partial charge in [0.25, 0.3) is 0 Å². The van der Waals surface area contributed by atoms with Crippen molar-refractivity contribution < 1.29 is 4.74 Å². The number of ether oxygens (including phenoxy) is 1. The summed E-state index contributed by atoms with van der Waals surface area (Å²) in [7, 11) is 5.65. The predicted octanol–water partition coefficient (Wildman–Crippen LogP) is 2.34. The molecule has 0 heterocycles. The summed E-state index contributed by atoms with van der Waals surface area (Å²) in [6, 6.07) is 6.15. The maximum absolute atomic E-state index is 6.08. The molecule has 0 spiro atoms. The van der Waals surface area contributed by atoms with Crippen molar-refractivity contribution in [3.05, 3.63) is 29.3 Å². The lowest BCUT2D eigenvalue weighted by atomic mass is 9.98. The molecule has 2 N–H and O–H groups in total. The van der Waals surface area contributed by atoms with Gasteiger partial charge in [0.15, 0.2) is 0 Å². The van der Waals surface area contributed by atoms with Crippen LogP contribution in [0, 0.1) is 0 Å². The second kappa shape index (κ2) is 5.32. The van der Waals surface area contributed by atoms with Crippen LogP contribution in [-0.2, 0) is 0 Å². The number of benzene rings is 1. The van der Waals surface area contributed by atoms with Crippen molar-refractivity contribution in [1.29, 1.82) is 0 Å². The van der Waals surface area contributed by atoms with E-state index in [4.69, 9.17) is 10.5 Å². The molecule has 0 saturated carbocycles. The van der Waals surface area contributed by atoms with Crippen molar-refractivity contribution in [3.8, 4) is 5.75 Å². The number of rotatable bonds is 4. The molecular weight excluding hydrogens is 200 g/mol. The first-order valence-electron chi connectivity index (χ1n) is 5.57. The van der Waals surface area contributed by atoms with Crippen LogP contribution in [0.5, 0.6) is 5.75 Å². The third-order valence-corrected chi connectivity index (χ3v) is 2.77. The van der Waals surface area contributed by atoms with Crippen LogP contribution >= 0.6 is 0 Å². The number of methoxy groups -OCH3 is 1. The van der Waals surface area contributed by atoms with Gasteiger partial charge in [-0.05, 0) is 43.3 Å². The average molecular weight is 222 g/mol. The van der Waals surface area contributed by atoms with Gasteiger partial charge in [-0.1, -0.05) is 19.9 Å². The Bertz CT molecular complexity index is 348. The molecule has 1 atom stereocenters. The van der Waals surface area contributed by atoms with E-state index in [1.807, 2.05) is 31.1 Å². The zero-order chi connectivity index (χ0) is 12.3. The van der Waals surface area contributed by atoms with Gasteiger partial charge in [0.05, 0.1) is 13.3 Å². The van der Waals surface area contributed by atoms with Gasteiger partial charge in [0.2, 0.25) is 0 Å². The molecule has 0 aliphatic rings. The van der Waals surface area contributed by atoms with E-state index in [0.717, 1.165) is 11.3 Å². The molecule has 1 unspecified atom stereocenters. The van der Waals surface area contributed by atoms with Gasteiger partial charge in [-0.15, -0.1) is 0 Å². The van der Waals surface area contributed by atoms with Gasteiger partial charge >= 0.3 is 0 Å². The zero-order valence-electron chi connectivity index (χ0n) is 10.8. The molecule has 1 rings (SSSR count). The van der Waals surface area contributed by atoms with Crippen LogP contribution in [0.3, 0.4) is 0 Å². The molecule has 1 aromatic carbocycles. The number of nitrogens with zero attached hydrogens (tertiary/aromatic N) is 1. The molecule has 3 nitrogen and oxygen atoms in total. The van der Waals surface area contributed by atoms with E-state index < -0.39 is 0 Å². The summed E-state index contributed by atoms with van der Waals surface area (Å²) in [4.78, 5) is 1.99. The molecule has 0 saturated heterocycles. The smallest absolute Gasteiger partial charge is 0.122 e. The van der Waals surface area contributed by atoms with Crippen LogP contribution in [0.1, 0.15) is 37.1 Å². The van der Waals surface area contributed by atoms with Crippen molar-refractivity contribution >= 4 is 0 Å². The highest BCUT2D eigenvalue weighted by molar-refractivity contribution is 5.40. The van der Waals surface area contributed by atoms with E-state index in [1.165, 1.54) is 5.56 Å². The molecular formula is C13H22N2O. The average Bonchev–Trinajstić information content (AvgIpc) is 2.26. The standard InChI is InChI=1S/C13H22N2O/c1-9(2)11-8-10(13(14)15(3)4)6-7-12(11)16-5/h6-9,13H,14H2,1-5H3. The Kier molecular flexibility index (Phi) is 4.33. The van der Waals surface area contributed by atoms with Gasteiger partial charge in [0, 0.05) is 0 Å². The Morgan fingerprint density at radius 3 is 2.31 bits per heavy atom. The van der Waals surface area contributed by atoms with Crippen molar-refractivity contribution in [2.24, 2.45) is 5.73 Å². The molecule has 90 valence electrons. The molecule has 0 aliphatic carbocycles. The molecule has 1 aromatic rings. The van der Waals surface area contributed by atoms with E-state index in [-0.39, 0.29) is 6.17 Å². The Hall–Kier alpha value is -1.06. The summed E-state index contributed by atoms with van der Waals surface area (Å²) in [5.74, 6) is 1.37. The zero-order valence-corrected chi connectivity index (χ0v) is 10.8. The fraction of sp³-hybridized carbons (Fsp3) is 0.538. The van der Waals surface area contributed by atoms with Crippen molar-refractivity contribution in [3.63, 3.8) is 0 Å². The lowest BCUT2D eigenvalue weighted by molar-refractivity contribution is 0.306. The van der Waals surface area contributed by atoms with Crippen LogP contribution in [0.15, 0.2) is 18.2 Å². The predicted molar refractivity (Wildman–Crippen MR) is 67.7 cm³/mol. The van der Waals surface area contributed by atoms with E-state index in [2.05, 4.69) is 19.9 Å². The quantitative estimate of drug-likeness (QED) is 0.795. The molecule has 0 fully saturated rings. The summed E-state index contributed by atoms with van der Waals surface area (Å²) < 4.78 is 5.35. The van der Waals surface area contributed by atoms with Crippen LogP contribution < -0.4 is 10.5 Å². The highest BCUT2D eigenvalue weighted by Crippen LogP contribution is 2.29. The van der Waals surface area contributed by atoms with Crippen LogP contribution in [-0.4, -0.2) is 26.1 Å². The third-order valence-electron chi connectivity index (χ3n) is 2.77. The van der Waals surface area contributed by atoms with E-state index in [0.29, 0.717) is 5.92 Å². The molecule has 16 heavy (non-hydrogen) atoms. The first kappa shape index (κ1) is 13.0. The minimum atomic E-state index is -0.0663. The first-order valence-corrected chi connectivity index (χ1v) is 5.57. The van der Waals surface area contributed by atoms with Crippen LogP contribution in [0.25, 0.3) is 0 Å². The van der Waals surface area contributed by atoms with Gasteiger partial charge in [-0.25, -0.2) is 0 Å². The minimum Gasteiger partial charge on any atom is -0.496 e. The summed E-state index contributed by atoms with van der Waals surface area (Å²) in [6.45, 7) is 4.31. The van der Waals surface area contributed by atoms with Gasteiger partial charge in [-0.3, -0.25) is 4.90 Å². The SMILES string of the molecule is COc1ccc(C(N)N(C)C)cc1C(C)C. The highest BCUT2D eigenvalue weighted by Gasteiger charge is 2.13. The monoisotopic (exact) mass is 222 g/mol. The molecule has 0 radical (unpaired) electrons. The van der Waals surface area contributed by atoms with Crippen molar-refractivity contribution in [1.82, 2.24) is 4.90 Å².